The van der Waals surface area contributed by atoms with E-state index in [0.717, 1.165) is 19.3 Å². The fourth-order valence-electron chi connectivity index (χ4n) is 3.54. The summed E-state index contributed by atoms with van der Waals surface area (Å²) < 4.78 is 18.7. The quantitative estimate of drug-likeness (QED) is 0.776. The minimum atomic E-state index is -0.545. The molecule has 2 aromatic rings. The Morgan fingerprint density at radius 3 is 2.47 bits per heavy atom. The molecule has 6 nitrogen and oxygen atoms in total. The molecule has 0 radical (unpaired) electrons. The van der Waals surface area contributed by atoms with Gasteiger partial charge in [0.05, 0.1) is 11.3 Å². The van der Waals surface area contributed by atoms with E-state index in [4.69, 9.17) is 4.74 Å². The molecule has 0 spiro atoms. The van der Waals surface area contributed by atoms with Gasteiger partial charge in [0.25, 0.3) is 5.91 Å². The van der Waals surface area contributed by atoms with E-state index in [1.807, 2.05) is 20.8 Å². The molecule has 1 aromatic heterocycles. The highest BCUT2D eigenvalue weighted by Crippen LogP contribution is 2.21. The van der Waals surface area contributed by atoms with Gasteiger partial charge in [-0.2, -0.15) is 0 Å². The predicted molar refractivity (Wildman–Crippen MR) is 113 cm³/mol. The topological polar surface area (TPSA) is 80.3 Å². The molecule has 1 fully saturated rings. The highest BCUT2D eigenvalue weighted by molar-refractivity contribution is 5.94. The summed E-state index contributed by atoms with van der Waals surface area (Å²) in [6, 6.07) is 9.49. The average Bonchev–Trinajstić information content (AvgIpc) is 2.67. The van der Waals surface area contributed by atoms with Gasteiger partial charge in [-0.3, -0.25) is 9.78 Å². The summed E-state index contributed by atoms with van der Waals surface area (Å²) in [6.45, 7) is 5.47. The fourth-order valence-corrected chi connectivity index (χ4v) is 3.54. The number of benzene rings is 1. The second-order valence-corrected chi connectivity index (χ2v) is 8.62. The maximum atomic E-state index is 13.4. The minimum Gasteiger partial charge on any atom is -0.444 e. The van der Waals surface area contributed by atoms with Gasteiger partial charge in [0, 0.05) is 23.8 Å². The van der Waals surface area contributed by atoms with Gasteiger partial charge in [-0.05, 0) is 70.7 Å². The lowest BCUT2D eigenvalue weighted by molar-refractivity contribution is 0.0489. The summed E-state index contributed by atoms with van der Waals surface area (Å²) in [5.41, 5.74) is 1.16. The third-order valence-electron chi connectivity index (χ3n) is 4.88. The van der Waals surface area contributed by atoms with Gasteiger partial charge in [-0.25, -0.2) is 9.18 Å². The zero-order valence-corrected chi connectivity index (χ0v) is 17.6. The molecule has 7 heteroatoms. The van der Waals surface area contributed by atoms with Crippen LogP contribution in [0.4, 0.5) is 9.18 Å². The fraction of sp³-hybridized carbons (Fsp3) is 0.435. The number of pyridine rings is 1. The van der Waals surface area contributed by atoms with Crippen LogP contribution < -0.4 is 10.6 Å². The lowest BCUT2D eigenvalue weighted by Gasteiger charge is -2.31. The number of nitrogens with one attached hydrogen (secondary N) is 2. The number of rotatable bonds is 4. The first-order valence-corrected chi connectivity index (χ1v) is 10.2. The lowest BCUT2D eigenvalue weighted by atomic mass is 9.91. The van der Waals surface area contributed by atoms with E-state index in [1.54, 1.807) is 24.3 Å². The van der Waals surface area contributed by atoms with Crippen LogP contribution >= 0.6 is 0 Å². The van der Waals surface area contributed by atoms with E-state index < -0.39 is 11.7 Å². The van der Waals surface area contributed by atoms with Gasteiger partial charge in [-0.1, -0.05) is 12.1 Å². The van der Waals surface area contributed by atoms with Gasteiger partial charge in [0.1, 0.15) is 11.4 Å². The molecule has 30 heavy (non-hydrogen) atoms. The first kappa shape index (κ1) is 21.7. The molecule has 1 aliphatic carbocycles. The number of carbonyl (C=O) groups is 2. The molecule has 0 unspecified atom stereocenters. The van der Waals surface area contributed by atoms with Crippen molar-refractivity contribution in [2.45, 2.75) is 64.1 Å². The van der Waals surface area contributed by atoms with Crippen LogP contribution in [0.15, 0.2) is 42.6 Å². The molecule has 2 N–H and O–H groups in total. The number of hydrogen-bond donors (Lipinski definition) is 2. The Morgan fingerprint density at radius 2 is 1.83 bits per heavy atom. The molecule has 0 aliphatic heterocycles. The molecule has 1 aromatic carbocycles. The van der Waals surface area contributed by atoms with Crippen LogP contribution in [0, 0.1) is 5.82 Å². The standard InChI is InChI=1S/C23H28FN3O3/c1-23(2,3)30-22(29)27-19-9-5-8-18(13-19)26-21(28)16-10-11-20(25-14-16)15-6-4-7-17(24)12-15/h4,6-7,10-12,14,18-19H,5,8-9,13H2,1-3H3,(H,26,28)(H,27,29)/t18-,19+/m1/s1. The Balaban J connectivity index is 1.55. The summed E-state index contributed by atoms with van der Waals surface area (Å²) in [6.07, 6.45) is 4.33. The maximum absolute atomic E-state index is 13.4. The van der Waals surface area contributed by atoms with Crippen LogP contribution in [0.2, 0.25) is 0 Å². The number of halogens is 1. The molecule has 0 bridgehead atoms. The number of ether oxygens (including phenoxy) is 1. The molecule has 1 aliphatic rings. The number of nitrogens with zero attached hydrogens (tertiary/aromatic N) is 1. The molecular weight excluding hydrogens is 385 g/mol. The second-order valence-electron chi connectivity index (χ2n) is 8.62. The zero-order chi connectivity index (χ0) is 21.7. The summed E-state index contributed by atoms with van der Waals surface area (Å²) >= 11 is 0. The van der Waals surface area contributed by atoms with Crippen LogP contribution in [0.3, 0.4) is 0 Å². The highest BCUT2D eigenvalue weighted by atomic mass is 19.1. The number of aromatic nitrogens is 1. The summed E-state index contributed by atoms with van der Waals surface area (Å²) in [7, 11) is 0. The maximum Gasteiger partial charge on any atom is 0.407 e. The third-order valence-corrected chi connectivity index (χ3v) is 4.88. The van der Waals surface area contributed by atoms with Gasteiger partial charge >= 0.3 is 6.09 Å². The van der Waals surface area contributed by atoms with E-state index in [-0.39, 0.29) is 23.8 Å². The normalized spacial score (nSPS) is 19.1. The SMILES string of the molecule is CC(C)(C)OC(=O)N[C@H]1CCC[C@@H](NC(=O)c2ccc(-c3cccc(F)c3)nc2)C1. The van der Waals surface area contributed by atoms with E-state index in [2.05, 4.69) is 15.6 Å². The Hall–Kier alpha value is -2.96. The smallest absolute Gasteiger partial charge is 0.407 e. The van der Waals surface area contributed by atoms with Crippen molar-refractivity contribution in [1.82, 2.24) is 15.6 Å². The summed E-state index contributed by atoms with van der Waals surface area (Å²) in [4.78, 5) is 28.9. The monoisotopic (exact) mass is 413 g/mol. The van der Waals surface area contributed by atoms with Gasteiger partial charge < -0.3 is 15.4 Å². The van der Waals surface area contributed by atoms with Crippen molar-refractivity contribution in [3.05, 3.63) is 54.0 Å². The number of hydrogen-bond acceptors (Lipinski definition) is 4. The van der Waals surface area contributed by atoms with Crippen molar-refractivity contribution in [2.75, 3.05) is 0 Å². The molecule has 2 atom stereocenters. The van der Waals surface area contributed by atoms with Crippen molar-refractivity contribution < 1.29 is 18.7 Å². The Bertz CT molecular complexity index is 893. The number of amides is 2. The molecule has 1 saturated carbocycles. The first-order valence-electron chi connectivity index (χ1n) is 10.2. The van der Waals surface area contributed by atoms with Crippen LogP contribution in [-0.2, 0) is 4.74 Å². The highest BCUT2D eigenvalue weighted by Gasteiger charge is 2.26. The summed E-state index contributed by atoms with van der Waals surface area (Å²) in [5.74, 6) is -0.542. The van der Waals surface area contributed by atoms with Gasteiger partial charge in [0.2, 0.25) is 0 Å². The van der Waals surface area contributed by atoms with E-state index >= 15 is 0 Å². The van der Waals surface area contributed by atoms with E-state index in [9.17, 15) is 14.0 Å². The number of carbonyl (C=O) groups excluding carboxylic acids is 2. The molecule has 1 heterocycles. The minimum absolute atomic E-state index is 0.0333. The zero-order valence-electron chi connectivity index (χ0n) is 17.6. The van der Waals surface area contributed by atoms with Gasteiger partial charge in [-0.15, -0.1) is 0 Å². The second kappa shape index (κ2) is 9.24. The Labute approximate surface area is 176 Å². The van der Waals surface area contributed by atoms with Crippen LogP contribution in [-0.4, -0.2) is 34.7 Å². The lowest BCUT2D eigenvalue weighted by Crippen LogP contribution is -2.46. The Kier molecular flexibility index (Phi) is 6.70. The van der Waals surface area contributed by atoms with Crippen LogP contribution in [0.25, 0.3) is 11.3 Å². The average molecular weight is 413 g/mol. The van der Waals surface area contributed by atoms with Crippen LogP contribution in [0.1, 0.15) is 56.8 Å². The third kappa shape index (κ3) is 6.27. The summed E-state index contributed by atoms with van der Waals surface area (Å²) in [5, 5.41) is 5.92. The predicted octanol–water partition coefficient (Wildman–Crippen LogP) is 4.45. The largest absolute Gasteiger partial charge is 0.444 e. The van der Waals surface area contributed by atoms with Crippen molar-refractivity contribution in [1.29, 1.82) is 0 Å². The van der Waals surface area contributed by atoms with Crippen molar-refractivity contribution in [3.63, 3.8) is 0 Å². The van der Waals surface area contributed by atoms with E-state index in [0.29, 0.717) is 23.2 Å². The molecule has 2 amide bonds. The molecule has 3 rings (SSSR count). The van der Waals surface area contributed by atoms with E-state index in [1.165, 1.54) is 18.3 Å². The molecular formula is C23H28FN3O3. The van der Waals surface area contributed by atoms with Crippen LogP contribution in [0.5, 0.6) is 0 Å². The van der Waals surface area contributed by atoms with Crippen molar-refractivity contribution >= 4 is 12.0 Å². The molecule has 0 saturated heterocycles. The van der Waals surface area contributed by atoms with Gasteiger partial charge in [0.15, 0.2) is 0 Å². The molecule has 160 valence electrons. The Morgan fingerprint density at radius 1 is 1.10 bits per heavy atom. The number of alkyl carbamates (subject to hydrolysis) is 1. The van der Waals surface area contributed by atoms with Crippen molar-refractivity contribution in [2.24, 2.45) is 0 Å². The first-order chi connectivity index (χ1) is 14.2. The van der Waals surface area contributed by atoms with Crippen molar-refractivity contribution in [3.8, 4) is 11.3 Å².